The zero-order chi connectivity index (χ0) is 13.7. The van der Waals surface area contributed by atoms with Gasteiger partial charge in [-0.25, -0.2) is 4.98 Å². The summed E-state index contributed by atoms with van der Waals surface area (Å²) in [7, 11) is 0. The van der Waals surface area contributed by atoms with Crippen LogP contribution < -0.4 is 10.9 Å². The third kappa shape index (κ3) is 3.29. The lowest BCUT2D eigenvalue weighted by atomic mass is 10.2. The van der Waals surface area contributed by atoms with E-state index in [4.69, 9.17) is 11.6 Å². The van der Waals surface area contributed by atoms with Gasteiger partial charge in [0.15, 0.2) is 0 Å². The Hall–Kier alpha value is -2.40. The fraction of sp³-hybridized carbons (Fsp3) is 0. The Morgan fingerprint density at radius 2 is 1.63 bits per heavy atom. The Morgan fingerprint density at radius 3 is 2.32 bits per heavy atom. The zero-order valence-corrected chi connectivity index (χ0v) is 10.5. The van der Waals surface area contributed by atoms with Crippen molar-refractivity contribution >= 4 is 23.4 Å². The number of amides is 2. The van der Waals surface area contributed by atoms with E-state index in [1.807, 2.05) is 0 Å². The summed E-state index contributed by atoms with van der Waals surface area (Å²) in [6.07, 6.45) is 1.47. The topological polar surface area (TPSA) is 71.1 Å². The Bertz CT molecular complexity index is 602. The van der Waals surface area contributed by atoms with Crippen molar-refractivity contribution in [1.82, 2.24) is 15.8 Å². The molecule has 0 spiro atoms. The summed E-state index contributed by atoms with van der Waals surface area (Å²) in [6.45, 7) is 0. The summed E-state index contributed by atoms with van der Waals surface area (Å²) in [5.41, 5.74) is 5.21. The van der Waals surface area contributed by atoms with Crippen LogP contribution in [0.15, 0.2) is 48.7 Å². The van der Waals surface area contributed by atoms with E-state index in [1.165, 1.54) is 12.3 Å². The Balaban J connectivity index is 1.98. The standard InChI is InChI=1S/C13H10ClN3O2/c14-11-10(7-4-8-15-11)13(19)17-16-12(18)9-5-2-1-3-6-9/h1-8H,(H,16,18)(H,17,19). The first-order chi connectivity index (χ1) is 9.18. The number of hydrogen-bond donors (Lipinski definition) is 2. The van der Waals surface area contributed by atoms with Gasteiger partial charge < -0.3 is 0 Å². The van der Waals surface area contributed by atoms with Crippen LogP contribution in [-0.2, 0) is 0 Å². The second kappa shape index (κ2) is 5.97. The molecule has 0 saturated carbocycles. The van der Waals surface area contributed by atoms with Crippen molar-refractivity contribution in [2.24, 2.45) is 0 Å². The van der Waals surface area contributed by atoms with Gasteiger partial charge in [0.05, 0.1) is 5.56 Å². The predicted molar refractivity (Wildman–Crippen MR) is 70.6 cm³/mol. The monoisotopic (exact) mass is 275 g/mol. The van der Waals surface area contributed by atoms with Crippen molar-refractivity contribution in [2.45, 2.75) is 0 Å². The minimum absolute atomic E-state index is 0.0777. The molecule has 0 bridgehead atoms. The molecular formula is C13H10ClN3O2. The van der Waals surface area contributed by atoms with Gasteiger partial charge in [0.1, 0.15) is 5.15 Å². The van der Waals surface area contributed by atoms with Crippen LogP contribution in [-0.4, -0.2) is 16.8 Å². The summed E-state index contributed by atoms with van der Waals surface area (Å²) in [5.74, 6) is -0.934. The van der Waals surface area contributed by atoms with E-state index in [0.29, 0.717) is 5.56 Å². The molecule has 2 N–H and O–H groups in total. The van der Waals surface area contributed by atoms with Gasteiger partial charge in [0.2, 0.25) is 0 Å². The lowest BCUT2D eigenvalue weighted by Gasteiger charge is -2.07. The average Bonchev–Trinajstić information content (AvgIpc) is 2.46. The number of pyridine rings is 1. The van der Waals surface area contributed by atoms with Crippen molar-refractivity contribution in [2.75, 3.05) is 0 Å². The number of carbonyl (C=O) groups excluding carboxylic acids is 2. The molecule has 1 aromatic carbocycles. The summed E-state index contributed by atoms with van der Waals surface area (Å²) in [4.78, 5) is 27.2. The van der Waals surface area contributed by atoms with Crippen LogP contribution in [0.25, 0.3) is 0 Å². The first-order valence-electron chi connectivity index (χ1n) is 5.45. The molecule has 0 saturated heterocycles. The molecule has 0 aliphatic heterocycles. The largest absolute Gasteiger partial charge is 0.272 e. The van der Waals surface area contributed by atoms with Crippen LogP contribution in [0.1, 0.15) is 20.7 Å². The molecule has 0 aliphatic rings. The zero-order valence-electron chi connectivity index (χ0n) is 9.76. The Morgan fingerprint density at radius 1 is 0.947 bits per heavy atom. The van der Waals surface area contributed by atoms with E-state index < -0.39 is 11.8 Å². The molecule has 0 fully saturated rings. The summed E-state index contributed by atoms with van der Waals surface area (Å²) >= 11 is 5.77. The highest BCUT2D eigenvalue weighted by Crippen LogP contribution is 2.10. The van der Waals surface area contributed by atoms with Crippen molar-refractivity contribution in [1.29, 1.82) is 0 Å². The summed E-state index contributed by atoms with van der Waals surface area (Å²) in [6, 6.07) is 11.6. The molecule has 0 unspecified atom stereocenters. The van der Waals surface area contributed by atoms with E-state index in [1.54, 1.807) is 36.4 Å². The number of halogens is 1. The van der Waals surface area contributed by atoms with Crippen molar-refractivity contribution < 1.29 is 9.59 Å². The second-order valence-electron chi connectivity index (χ2n) is 3.62. The van der Waals surface area contributed by atoms with E-state index in [-0.39, 0.29) is 10.7 Å². The first-order valence-corrected chi connectivity index (χ1v) is 5.82. The smallest absolute Gasteiger partial charge is 0.267 e. The van der Waals surface area contributed by atoms with E-state index in [0.717, 1.165) is 0 Å². The number of rotatable bonds is 2. The molecule has 1 aromatic heterocycles. The highest BCUT2D eigenvalue weighted by Gasteiger charge is 2.11. The molecule has 2 amide bonds. The predicted octanol–water partition coefficient (Wildman–Crippen LogP) is 1.81. The molecule has 19 heavy (non-hydrogen) atoms. The van der Waals surface area contributed by atoms with Crippen LogP contribution in [0.3, 0.4) is 0 Å². The average molecular weight is 276 g/mol. The minimum Gasteiger partial charge on any atom is -0.267 e. The Labute approximate surface area is 114 Å². The van der Waals surface area contributed by atoms with Gasteiger partial charge in [-0.2, -0.15) is 0 Å². The molecule has 0 radical (unpaired) electrons. The molecule has 0 aliphatic carbocycles. The van der Waals surface area contributed by atoms with E-state index in [9.17, 15) is 9.59 Å². The maximum atomic E-state index is 11.8. The van der Waals surface area contributed by atoms with Crippen LogP contribution in [0, 0.1) is 0 Å². The molecule has 2 rings (SSSR count). The van der Waals surface area contributed by atoms with Gasteiger partial charge >= 0.3 is 0 Å². The van der Waals surface area contributed by atoms with Crippen molar-refractivity contribution in [3.63, 3.8) is 0 Å². The fourth-order valence-electron chi connectivity index (χ4n) is 1.40. The highest BCUT2D eigenvalue weighted by molar-refractivity contribution is 6.32. The van der Waals surface area contributed by atoms with Gasteiger partial charge in [0, 0.05) is 11.8 Å². The molecule has 96 valence electrons. The molecule has 2 aromatic rings. The lowest BCUT2D eigenvalue weighted by Crippen LogP contribution is -2.41. The number of carbonyl (C=O) groups is 2. The van der Waals surface area contributed by atoms with Gasteiger partial charge in [-0.15, -0.1) is 0 Å². The third-order valence-corrected chi connectivity index (χ3v) is 2.63. The second-order valence-corrected chi connectivity index (χ2v) is 3.97. The summed E-state index contributed by atoms with van der Waals surface area (Å²) in [5, 5.41) is 0.0777. The van der Waals surface area contributed by atoms with E-state index >= 15 is 0 Å². The lowest BCUT2D eigenvalue weighted by molar-refractivity contribution is 0.0846. The van der Waals surface area contributed by atoms with Gasteiger partial charge in [-0.05, 0) is 24.3 Å². The maximum absolute atomic E-state index is 11.8. The van der Waals surface area contributed by atoms with Crippen molar-refractivity contribution in [3.8, 4) is 0 Å². The molecule has 0 atom stereocenters. The van der Waals surface area contributed by atoms with Crippen molar-refractivity contribution in [3.05, 3.63) is 64.9 Å². The van der Waals surface area contributed by atoms with Crippen LogP contribution in [0.2, 0.25) is 5.15 Å². The van der Waals surface area contributed by atoms with Crippen LogP contribution in [0.5, 0.6) is 0 Å². The van der Waals surface area contributed by atoms with Crippen LogP contribution >= 0.6 is 11.6 Å². The number of hydrazine groups is 1. The minimum atomic E-state index is -0.526. The van der Waals surface area contributed by atoms with E-state index in [2.05, 4.69) is 15.8 Å². The third-order valence-electron chi connectivity index (χ3n) is 2.33. The molecule has 6 heteroatoms. The number of hydrogen-bond acceptors (Lipinski definition) is 3. The molecular weight excluding hydrogens is 266 g/mol. The fourth-order valence-corrected chi connectivity index (χ4v) is 1.60. The normalized spacial score (nSPS) is 9.74. The maximum Gasteiger partial charge on any atom is 0.272 e. The summed E-state index contributed by atoms with van der Waals surface area (Å²) < 4.78 is 0. The number of nitrogens with zero attached hydrogens (tertiary/aromatic N) is 1. The molecule has 5 nitrogen and oxygen atoms in total. The number of aromatic nitrogens is 1. The quantitative estimate of drug-likeness (QED) is 0.649. The highest BCUT2D eigenvalue weighted by atomic mass is 35.5. The Kier molecular flexibility index (Phi) is 4.10. The number of benzene rings is 1. The van der Waals surface area contributed by atoms with Crippen LogP contribution in [0.4, 0.5) is 0 Å². The van der Waals surface area contributed by atoms with Gasteiger partial charge in [0.25, 0.3) is 11.8 Å². The SMILES string of the molecule is O=C(NNC(=O)c1cccnc1Cl)c1ccccc1. The first kappa shape index (κ1) is 13.0. The van der Waals surface area contributed by atoms with Gasteiger partial charge in [-0.3, -0.25) is 20.4 Å². The molecule has 1 heterocycles. The number of nitrogens with one attached hydrogen (secondary N) is 2. The van der Waals surface area contributed by atoms with Gasteiger partial charge in [-0.1, -0.05) is 29.8 Å².